The first kappa shape index (κ1) is 19.2. The molecule has 0 fully saturated rings. The van der Waals surface area contributed by atoms with Gasteiger partial charge >= 0.3 is 11.7 Å². The molecule has 28 heavy (non-hydrogen) atoms. The van der Waals surface area contributed by atoms with E-state index in [1.165, 1.54) is 18.8 Å². The number of methoxy groups -OCH3 is 2. The molecule has 1 heterocycles. The zero-order valence-electron chi connectivity index (χ0n) is 15.5. The molecule has 8 heteroatoms. The zero-order valence-corrected chi connectivity index (χ0v) is 15.5. The number of Topliss-reactive ketones (excluding diaryl/α,β-unsaturated/α-hetero) is 1. The number of aromatic nitrogens is 1. The van der Waals surface area contributed by atoms with E-state index >= 15 is 0 Å². The van der Waals surface area contributed by atoms with Gasteiger partial charge in [0.15, 0.2) is 12.2 Å². The Morgan fingerprint density at radius 1 is 1.07 bits per heavy atom. The van der Waals surface area contributed by atoms with Crippen LogP contribution in [0.5, 0.6) is 11.5 Å². The van der Waals surface area contributed by atoms with Crippen LogP contribution in [0.1, 0.15) is 16.8 Å². The highest BCUT2D eigenvalue weighted by atomic mass is 16.5. The van der Waals surface area contributed by atoms with Crippen LogP contribution in [0.2, 0.25) is 0 Å². The molecule has 0 bridgehead atoms. The molecule has 2 aromatic carbocycles. The maximum Gasteiger partial charge on any atom is 0.419 e. The average molecular weight is 385 g/mol. The van der Waals surface area contributed by atoms with Crippen molar-refractivity contribution >= 4 is 22.9 Å². The summed E-state index contributed by atoms with van der Waals surface area (Å²) in [6.45, 7) is -0.336. The molecule has 0 unspecified atom stereocenters. The number of rotatable bonds is 8. The van der Waals surface area contributed by atoms with E-state index in [1.807, 2.05) is 0 Å². The van der Waals surface area contributed by atoms with Crippen LogP contribution in [0.3, 0.4) is 0 Å². The lowest BCUT2D eigenvalue weighted by Crippen LogP contribution is -2.19. The minimum atomic E-state index is -0.599. The molecule has 0 aliphatic rings. The van der Waals surface area contributed by atoms with Crippen molar-refractivity contribution < 1.29 is 28.2 Å². The van der Waals surface area contributed by atoms with Gasteiger partial charge in [0.05, 0.1) is 31.7 Å². The first-order valence-corrected chi connectivity index (χ1v) is 8.52. The minimum Gasteiger partial charge on any atom is -0.497 e. The van der Waals surface area contributed by atoms with Crippen molar-refractivity contribution in [2.75, 3.05) is 20.8 Å². The maximum absolute atomic E-state index is 12.3. The highest BCUT2D eigenvalue weighted by Gasteiger charge is 2.16. The Morgan fingerprint density at radius 3 is 2.61 bits per heavy atom. The van der Waals surface area contributed by atoms with E-state index < -0.39 is 24.1 Å². The topological polar surface area (TPSA) is 97.0 Å². The van der Waals surface area contributed by atoms with Gasteiger partial charge in [0.2, 0.25) is 5.78 Å². The fourth-order valence-electron chi connectivity index (χ4n) is 2.75. The predicted molar refractivity (Wildman–Crippen MR) is 99.9 cm³/mol. The molecule has 0 N–H and O–H groups in total. The van der Waals surface area contributed by atoms with Crippen LogP contribution < -0.4 is 15.2 Å². The smallest absolute Gasteiger partial charge is 0.419 e. The van der Waals surface area contributed by atoms with E-state index in [2.05, 4.69) is 0 Å². The van der Waals surface area contributed by atoms with Crippen molar-refractivity contribution in [3.05, 3.63) is 58.6 Å². The molecule has 1 aromatic heterocycles. The van der Waals surface area contributed by atoms with Crippen LogP contribution in [0.4, 0.5) is 0 Å². The summed E-state index contributed by atoms with van der Waals surface area (Å²) < 4.78 is 21.8. The molecule has 0 spiro atoms. The number of hydrogen-bond donors (Lipinski definition) is 0. The molecule has 0 radical (unpaired) electrons. The summed E-state index contributed by atoms with van der Waals surface area (Å²) in [4.78, 5) is 36.2. The standard InChI is InChI=1S/C20H19NO7/c1-25-13-7-8-14(18(11-13)26-2)16(22)12-27-19(23)9-10-21-15-5-3-4-6-17(15)28-20(21)24/h3-8,11H,9-10,12H2,1-2H3. The van der Waals surface area contributed by atoms with E-state index in [9.17, 15) is 14.4 Å². The second-order valence-corrected chi connectivity index (χ2v) is 5.89. The van der Waals surface area contributed by atoms with Crippen molar-refractivity contribution in [2.24, 2.45) is 0 Å². The number of aryl methyl sites for hydroxylation is 1. The van der Waals surface area contributed by atoms with Crippen molar-refractivity contribution in [2.45, 2.75) is 13.0 Å². The zero-order chi connectivity index (χ0) is 20.1. The van der Waals surface area contributed by atoms with Gasteiger partial charge in [-0.1, -0.05) is 12.1 Å². The van der Waals surface area contributed by atoms with Crippen molar-refractivity contribution in [3.8, 4) is 11.5 Å². The number of oxazole rings is 1. The largest absolute Gasteiger partial charge is 0.497 e. The quantitative estimate of drug-likeness (QED) is 0.434. The molecule has 0 saturated heterocycles. The van der Waals surface area contributed by atoms with Gasteiger partial charge in [0.25, 0.3) is 0 Å². The molecule has 146 valence electrons. The Balaban J connectivity index is 1.59. The minimum absolute atomic E-state index is 0.0730. The highest BCUT2D eigenvalue weighted by molar-refractivity contribution is 6.00. The average Bonchev–Trinajstić information content (AvgIpc) is 3.04. The number of esters is 1. The van der Waals surface area contributed by atoms with Gasteiger partial charge in [-0.05, 0) is 24.3 Å². The molecule has 0 aliphatic heterocycles. The lowest BCUT2D eigenvalue weighted by atomic mass is 10.1. The number of ketones is 1. The number of nitrogens with zero attached hydrogens (tertiary/aromatic N) is 1. The fourth-order valence-corrected chi connectivity index (χ4v) is 2.75. The Hall–Kier alpha value is -3.55. The van der Waals surface area contributed by atoms with Crippen molar-refractivity contribution in [1.29, 1.82) is 0 Å². The monoisotopic (exact) mass is 385 g/mol. The number of hydrogen-bond acceptors (Lipinski definition) is 7. The summed E-state index contributed by atoms with van der Waals surface area (Å²) in [6.07, 6.45) is -0.0730. The highest BCUT2D eigenvalue weighted by Crippen LogP contribution is 2.25. The molecule has 0 aliphatic carbocycles. The second kappa shape index (κ2) is 8.43. The second-order valence-electron chi connectivity index (χ2n) is 5.89. The number of para-hydroxylation sites is 2. The Bertz CT molecular complexity index is 1060. The summed E-state index contributed by atoms with van der Waals surface area (Å²) in [5.41, 5.74) is 1.33. The van der Waals surface area contributed by atoms with Crippen LogP contribution >= 0.6 is 0 Å². The Kier molecular flexibility index (Phi) is 5.78. The molecule has 3 rings (SSSR count). The molecule has 0 atom stereocenters. The van der Waals surface area contributed by atoms with Gasteiger partial charge in [-0.2, -0.15) is 0 Å². The molecule has 8 nitrogen and oxygen atoms in total. The lowest BCUT2D eigenvalue weighted by Gasteiger charge is -2.10. The maximum atomic E-state index is 12.3. The first-order valence-electron chi connectivity index (χ1n) is 8.52. The van der Waals surface area contributed by atoms with Gasteiger partial charge in [-0.3, -0.25) is 14.2 Å². The summed E-state index contributed by atoms with van der Waals surface area (Å²) >= 11 is 0. The van der Waals surface area contributed by atoms with E-state index in [0.717, 1.165) is 0 Å². The summed E-state index contributed by atoms with van der Waals surface area (Å²) in [5.74, 6) is -0.676. The van der Waals surface area contributed by atoms with Gasteiger partial charge in [-0.25, -0.2) is 4.79 Å². The van der Waals surface area contributed by atoms with Crippen molar-refractivity contribution in [1.82, 2.24) is 4.57 Å². The van der Waals surface area contributed by atoms with E-state index in [-0.39, 0.29) is 18.5 Å². The molecule has 3 aromatic rings. The van der Waals surface area contributed by atoms with E-state index in [1.54, 1.807) is 42.5 Å². The van der Waals surface area contributed by atoms with Gasteiger partial charge in [0, 0.05) is 12.6 Å². The first-order chi connectivity index (χ1) is 13.5. The Morgan fingerprint density at radius 2 is 1.86 bits per heavy atom. The molecule has 0 amide bonds. The number of fused-ring (bicyclic) bond motifs is 1. The third kappa shape index (κ3) is 4.06. The third-order valence-electron chi connectivity index (χ3n) is 4.19. The lowest BCUT2D eigenvalue weighted by molar-refractivity contribution is -0.142. The van der Waals surface area contributed by atoms with Crippen LogP contribution in [0, 0.1) is 0 Å². The number of carbonyl (C=O) groups is 2. The summed E-state index contributed by atoms with van der Waals surface area (Å²) in [7, 11) is 2.94. The van der Waals surface area contributed by atoms with Crippen molar-refractivity contribution in [3.63, 3.8) is 0 Å². The summed E-state index contributed by atoms with van der Waals surface area (Å²) in [6, 6.07) is 11.7. The molecular formula is C20H19NO7. The Labute approximate surface area is 160 Å². The normalized spacial score (nSPS) is 10.6. The fraction of sp³-hybridized carbons (Fsp3) is 0.250. The predicted octanol–water partition coefficient (Wildman–Crippen LogP) is 2.43. The van der Waals surface area contributed by atoms with Gasteiger partial charge < -0.3 is 18.6 Å². The molecular weight excluding hydrogens is 366 g/mol. The number of benzene rings is 2. The number of carbonyl (C=O) groups excluding carboxylic acids is 2. The van der Waals surface area contributed by atoms with E-state index in [0.29, 0.717) is 22.6 Å². The van der Waals surface area contributed by atoms with Gasteiger partial charge in [-0.15, -0.1) is 0 Å². The third-order valence-corrected chi connectivity index (χ3v) is 4.19. The van der Waals surface area contributed by atoms with Crippen LogP contribution in [-0.4, -0.2) is 37.1 Å². The number of ether oxygens (including phenoxy) is 3. The van der Waals surface area contributed by atoms with Crippen LogP contribution in [-0.2, 0) is 16.1 Å². The molecule has 0 saturated carbocycles. The van der Waals surface area contributed by atoms with Gasteiger partial charge in [0.1, 0.15) is 11.5 Å². The summed E-state index contributed by atoms with van der Waals surface area (Å²) in [5, 5.41) is 0. The van der Waals surface area contributed by atoms with E-state index in [4.69, 9.17) is 18.6 Å². The SMILES string of the molecule is COc1ccc(C(=O)COC(=O)CCn2c(=O)oc3ccccc32)c(OC)c1. The van der Waals surface area contributed by atoms with Crippen LogP contribution in [0.15, 0.2) is 51.7 Å². The van der Waals surface area contributed by atoms with Crippen LogP contribution in [0.25, 0.3) is 11.1 Å².